The van der Waals surface area contributed by atoms with Gasteiger partial charge >= 0.3 is 0 Å². The van der Waals surface area contributed by atoms with Crippen LogP contribution < -0.4 is 5.73 Å². The maximum Gasteiger partial charge on any atom is 0.276 e. The van der Waals surface area contributed by atoms with Crippen molar-refractivity contribution in [1.29, 1.82) is 0 Å². The van der Waals surface area contributed by atoms with Crippen molar-refractivity contribution in [2.75, 3.05) is 19.6 Å². The van der Waals surface area contributed by atoms with Crippen LogP contribution in [-0.4, -0.2) is 35.6 Å². The number of rotatable bonds is 3. The number of hydrogen-bond acceptors (Lipinski definition) is 4. The van der Waals surface area contributed by atoms with Crippen molar-refractivity contribution in [3.63, 3.8) is 0 Å². The Bertz CT molecular complexity index is 467. The van der Waals surface area contributed by atoms with Crippen molar-refractivity contribution in [3.8, 4) is 0 Å². The number of carbonyl (C=O) groups excluding carboxylic acids is 1. The van der Waals surface area contributed by atoms with Crippen LogP contribution in [0.5, 0.6) is 0 Å². The number of amides is 1. The molecule has 1 amide bonds. The minimum Gasteiger partial charge on any atom is -0.360 e. The molecule has 2 aliphatic rings. The molecule has 0 aromatic carbocycles. The van der Waals surface area contributed by atoms with Crippen molar-refractivity contribution in [3.05, 3.63) is 17.5 Å². The van der Waals surface area contributed by atoms with Gasteiger partial charge in [0, 0.05) is 25.1 Å². The zero-order valence-electron chi connectivity index (χ0n) is 10.7. The molecule has 1 atom stereocenters. The first kappa shape index (κ1) is 11.7. The number of likely N-dealkylation sites (tertiary alicyclic amines) is 1. The van der Waals surface area contributed by atoms with E-state index in [-0.39, 0.29) is 11.3 Å². The average Bonchev–Trinajstić information content (AvgIpc) is 2.97. The number of hydrogen-bond donors (Lipinski definition) is 1. The van der Waals surface area contributed by atoms with E-state index in [0.717, 1.165) is 31.6 Å². The summed E-state index contributed by atoms with van der Waals surface area (Å²) in [6, 6.07) is 1.80. The maximum absolute atomic E-state index is 12.3. The Balaban J connectivity index is 1.70. The second-order valence-electron chi connectivity index (χ2n) is 5.88. The largest absolute Gasteiger partial charge is 0.360 e. The zero-order valence-corrected chi connectivity index (χ0v) is 10.7. The lowest BCUT2D eigenvalue weighted by Crippen LogP contribution is -2.34. The summed E-state index contributed by atoms with van der Waals surface area (Å²) < 4.78 is 5.23. The van der Waals surface area contributed by atoms with Crippen molar-refractivity contribution < 1.29 is 9.32 Å². The first-order valence-corrected chi connectivity index (χ1v) is 6.57. The summed E-state index contributed by atoms with van der Waals surface area (Å²) in [5.74, 6) is 1.33. The van der Waals surface area contributed by atoms with E-state index in [4.69, 9.17) is 10.3 Å². The van der Waals surface area contributed by atoms with Crippen LogP contribution in [0.4, 0.5) is 0 Å². The molecule has 3 rings (SSSR count). The van der Waals surface area contributed by atoms with Crippen LogP contribution in [0.25, 0.3) is 0 Å². The average molecular weight is 249 g/mol. The van der Waals surface area contributed by atoms with Crippen LogP contribution in [-0.2, 0) is 0 Å². The molecule has 1 aliphatic carbocycles. The number of nitrogens with zero attached hydrogens (tertiary/aromatic N) is 2. The lowest BCUT2D eigenvalue weighted by Gasteiger charge is -2.21. The third-order valence-corrected chi connectivity index (χ3v) is 4.07. The van der Waals surface area contributed by atoms with Gasteiger partial charge in [-0.05, 0) is 31.2 Å². The van der Waals surface area contributed by atoms with Gasteiger partial charge in [-0.3, -0.25) is 4.79 Å². The third kappa shape index (κ3) is 2.03. The molecule has 2 N–H and O–H groups in total. The van der Waals surface area contributed by atoms with Crippen molar-refractivity contribution >= 4 is 5.91 Å². The molecule has 18 heavy (non-hydrogen) atoms. The highest BCUT2D eigenvalue weighted by atomic mass is 16.5. The van der Waals surface area contributed by atoms with Gasteiger partial charge in [0.25, 0.3) is 5.91 Å². The Morgan fingerprint density at radius 1 is 1.67 bits per heavy atom. The van der Waals surface area contributed by atoms with Crippen molar-refractivity contribution in [2.24, 2.45) is 11.1 Å². The maximum atomic E-state index is 12.3. The van der Waals surface area contributed by atoms with Crippen LogP contribution in [0.1, 0.15) is 48.4 Å². The minimum absolute atomic E-state index is 0.0252. The van der Waals surface area contributed by atoms with E-state index in [1.54, 1.807) is 6.07 Å². The van der Waals surface area contributed by atoms with E-state index < -0.39 is 0 Å². The highest BCUT2D eigenvalue weighted by Crippen LogP contribution is 2.40. The Labute approximate surface area is 106 Å². The summed E-state index contributed by atoms with van der Waals surface area (Å²) in [7, 11) is 0. The lowest BCUT2D eigenvalue weighted by molar-refractivity contribution is 0.0766. The Hall–Kier alpha value is -1.36. The Kier molecular flexibility index (Phi) is 2.66. The molecular formula is C13H19N3O2. The molecular weight excluding hydrogens is 230 g/mol. The van der Waals surface area contributed by atoms with Gasteiger partial charge in [0.15, 0.2) is 5.69 Å². The monoisotopic (exact) mass is 249 g/mol. The van der Waals surface area contributed by atoms with Crippen LogP contribution >= 0.6 is 0 Å². The van der Waals surface area contributed by atoms with Gasteiger partial charge < -0.3 is 15.2 Å². The molecule has 0 radical (unpaired) electrons. The van der Waals surface area contributed by atoms with E-state index in [9.17, 15) is 4.79 Å². The van der Waals surface area contributed by atoms with Crippen molar-refractivity contribution in [1.82, 2.24) is 10.1 Å². The van der Waals surface area contributed by atoms with Gasteiger partial charge in [0.2, 0.25) is 0 Å². The molecule has 1 aliphatic heterocycles. The fourth-order valence-corrected chi connectivity index (χ4v) is 2.48. The lowest BCUT2D eigenvalue weighted by atomic mass is 9.90. The Morgan fingerprint density at radius 2 is 2.44 bits per heavy atom. The summed E-state index contributed by atoms with van der Waals surface area (Å²) in [6.45, 7) is 4.22. The van der Waals surface area contributed by atoms with E-state index in [2.05, 4.69) is 12.1 Å². The summed E-state index contributed by atoms with van der Waals surface area (Å²) in [5, 5.41) is 3.90. The molecule has 1 aromatic rings. The fourth-order valence-electron chi connectivity index (χ4n) is 2.48. The summed E-state index contributed by atoms with van der Waals surface area (Å²) >= 11 is 0. The predicted molar refractivity (Wildman–Crippen MR) is 66.2 cm³/mol. The highest BCUT2D eigenvalue weighted by Gasteiger charge is 2.36. The molecule has 0 bridgehead atoms. The second kappa shape index (κ2) is 4.09. The zero-order chi connectivity index (χ0) is 12.8. The van der Waals surface area contributed by atoms with E-state index in [0.29, 0.717) is 24.7 Å². The normalized spacial score (nSPS) is 27.8. The summed E-state index contributed by atoms with van der Waals surface area (Å²) in [6.07, 6.45) is 3.26. The Morgan fingerprint density at radius 3 is 3.06 bits per heavy atom. The van der Waals surface area contributed by atoms with Crippen LogP contribution in [0.2, 0.25) is 0 Å². The summed E-state index contributed by atoms with van der Waals surface area (Å²) in [5.41, 5.74) is 6.25. The molecule has 1 unspecified atom stereocenters. The van der Waals surface area contributed by atoms with Gasteiger partial charge in [-0.2, -0.15) is 0 Å². The quantitative estimate of drug-likeness (QED) is 0.878. The van der Waals surface area contributed by atoms with Crippen LogP contribution in [0.3, 0.4) is 0 Å². The van der Waals surface area contributed by atoms with E-state index in [1.165, 1.54) is 0 Å². The second-order valence-corrected chi connectivity index (χ2v) is 5.88. The molecule has 1 saturated heterocycles. The molecule has 5 nitrogen and oxygen atoms in total. The third-order valence-electron chi connectivity index (χ3n) is 4.07. The smallest absolute Gasteiger partial charge is 0.276 e. The fraction of sp³-hybridized carbons (Fsp3) is 0.692. The van der Waals surface area contributed by atoms with E-state index >= 15 is 0 Å². The standard InChI is InChI=1S/C13H19N3O2/c1-13(7-14)4-5-16(8-13)12(17)10-6-11(18-15-10)9-2-3-9/h6,9H,2-5,7-8,14H2,1H3. The topological polar surface area (TPSA) is 72.4 Å². The first-order chi connectivity index (χ1) is 8.61. The van der Waals surface area contributed by atoms with Gasteiger partial charge in [0.05, 0.1) is 0 Å². The first-order valence-electron chi connectivity index (χ1n) is 6.57. The summed E-state index contributed by atoms with van der Waals surface area (Å²) in [4.78, 5) is 14.1. The van der Waals surface area contributed by atoms with Crippen LogP contribution in [0, 0.1) is 5.41 Å². The van der Waals surface area contributed by atoms with Gasteiger partial charge in [0.1, 0.15) is 5.76 Å². The predicted octanol–water partition coefficient (Wildman–Crippen LogP) is 1.36. The molecule has 5 heteroatoms. The van der Waals surface area contributed by atoms with Gasteiger partial charge in [-0.1, -0.05) is 12.1 Å². The van der Waals surface area contributed by atoms with Crippen molar-refractivity contribution in [2.45, 2.75) is 32.1 Å². The molecule has 1 aromatic heterocycles. The molecule has 2 fully saturated rings. The number of carbonyl (C=O) groups is 1. The molecule has 1 saturated carbocycles. The van der Waals surface area contributed by atoms with Crippen LogP contribution in [0.15, 0.2) is 10.6 Å². The number of nitrogens with two attached hydrogens (primary N) is 1. The van der Waals surface area contributed by atoms with Gasteiger partial charge in [-0.25, -0.2) is 0 Å². The molecule has 0 spiro atoms. The van der Waals surface area contributed by atoms with E-state index in [1.807, 2.05) is 4.90 Å². The molecule has 2 heterocycles. The SMILES string of the molecule is CC1(CN)CCN(C(=O)c2cc(C3CC3)on2)C1. The highest BCUT2D eigenvalue weighted by molar-refractivity contribution is 5.92. The van der Waals surface area contributed by atoms with Gasteiger partial charge in [-0.15, -0.1) is 0 Å². The minimum atomic E-state index is -0.0252. The number of aromatic nitrogens is 1. The molecule has 98 valence electrons.